The summed E-state index contributed by atoms with van der Waals surface area (Å²) in [7, 11) is 0. The van der Waals surface area contributed by atoms with Crippen LogP contribution in [-0.4, -0.2) is 48.4 Å². The Balaban J connectivity index is 0.00000261. The van der Waals surface area contributed by atoms with Crippen LogP contribution in [0.15, 0.2) is 48.5 Å². The maximum atomic E-state index is 12.2. The van der Waals surface area contributed by atoms with Crippen LogP contribution >= 0.6 is 24.0 Å². The van der Waals surface area contributed by atoms with Gasteiger partial charge in [-0.1, -0.05) is 48.0 Å². The van der Waals surface area contributed by atoms with E-state index in [9.17, 15) is 4.79 Å². The molecule has 0 saturated carbocycles. The minimum Gasteiger partial charge on any atom is -0.326 e. The lowest BCUT2D eigenvalue weighted by atomic mass is 10.2. The van der Waals surface area contributed by atoms with E-state index in [4.69, 9.17) is 11.6 Å². The summed E-state index contributed by atoms with van der Waals surface area (Å²) in [5.74, 6) is 0.0436. The summed E-state index contributed by atoms with van der Waals surface area (Å²) in [5.41, 5.74) is 3.07. The highest BCUT2D eigenvalue weighted by Gasteiger charge is 2.17. The van der Waals surface area contributed by atoms with Gasteiger partial charge in [0.2, 0.25) is 5.91 Å². The van der Waals surface area contributed by atoms with Gasteiger partial charge >= 0.3 is 0 Å². The van der Waals surface area contributed by atoms with E-state index in [-0.39, 0.29) is 18.3 Å². The quantitative estimate of drug-likeness (QED) is 0.778. The summed E-state index contributed by atoms with van der Waals surface area (Å²) in [4.78, 5) is 17.1. The summed E-state index contributed by atoms with van der Waals surface area (Å²) >= 11 is 6.10. The number of amides is 1. The number of piperazine rings is 1. The Bertz CT molecular complexity index is 731. The molecule has 0 radical (unpaired) electrons. The van der Waals surface area contributed by atoms with Crippen molar-refractivity contribution >= 4 is 35.6 Å². The number of carbonyl (C=O) groups is 1. The zero-order valence-electron chi connectivity index (χ0n) is 15.7. The Morgan fingerprint density at radius 2 is 1.67 bits per heavy atom. The highest BCUT2D eigenvalue weighted by Crippen LogP contribution is 2.23. The Morgan fingerprint density at radius 3 is 2.37 bits per heavy atom. The number of hydrogen-bond donors (Lipinski definition) is 1. The molecule has 1 aliphatic heterocycles. The molecular weight excluding hydrogens is 381 g/mol. The number of rotatable bonds is 6. The smallest absolute Gasteiger partial charge is 0.225 e. The Hall–Kier alpha value is -1.59. The van der Waals surface area contributed by atoms with Gasteiger partial charge in [-0.15, -0.1) is 12.4 Å². The van der Waals surface area contributed by atoms with Crippen LogP contribution in [0.1, 0.15) is 17.5 Å². The van der Waals surface area contributed by atoms with Crippen molar-refractivity contribution < 1.29 is 4.79 Å². The standard InChI is InChI=1S/C21H26ClN3O.ClH/c1-17-19(22)8-5-9-20(17)23-21(26)10-11-24-12-14-25(15-13-24)16-18-6-3-2-4-7-18;/h2-9H,10-16H2,1H3,(H,23,26);1H. The number of hydrogen-bond acceptors (Lipinski definition) is 3. The van der Waals surface area contributed by atoms with Crippen molar-refractivity contribution in [2.45, 2.75) is 19.9 Å². The number of benzene rings is 2. The summed E-state index contributed by atoms with van der Waals surface area (Å²) in [6, 6.07) is 16.2. The first-order chi connectivity index (χ1) is 12.6. The molecule has 1 fully saturated rings. The predicted molar refractivity (Wildman–Crippen MR) is 115 cm³/mol. The zero-order chi connectivity index (χ0) is 18.4. The van der Waals surface area contributed by atoms with E-state index < -0.39 is 0 Å². The highest BCUT2D eigenvalue weighted by atomic mass is 35.5. The SMILES string of the molecule is Cc1c(Cl)cccc1NC(=O)CCN1CCN(Cc2ccccc2)CC1.Cl. The van der Waals surface area contributed by atoms with Gasteiger partial charge in [0.1, 0.15) is 0 Å². The van der Waals surface area contributed by atoms with Gasteiger partial charge in [-0.05, 0) is 30.2 Å². The van der Waals surface area contributed by atoms with Gasteiger partial charge in [-0.3, -0.25) is 9.69 Å². The molecule has 1 heterocycles. The van der Waals surface area contributed by atoms with Gasteiger partial charge in [0.05, 0.1) is 0 Å². The first-order valence-electron chi connectivity index (χ1n) is 9.15. The third-order valence-electron chi connectivity index (χ3n) is 4.91. The number of carbonyl (C=O) groups excluding carboxylic acids is 1. The van der Waals surface area contributed by atoms with Crippen LogP contribution in [-0.2, 0) is 11.3 Å². The van der Waals surface area contributed by atoms with Crippen molar-refractivity contribution in [3.63, 3.8) is 0 Å². The molecule has 0 aromatic heterocycles. The topological polar surface area (TPSA) is 35.6 Å². The molecule has 1 saturated heterocycles. The molecule has 0 bridgehead atoms. The van der Waals surface area contributed by atoms with Crippen LogP contribution < -0.4 is 5.32 Å². The molecule has 2 aromatic rings. The van der Waals surface area contributed by atoms with Crippen molar-refractivity contribution in [3.05, 3.63) is 64.7 Å². The second kappa shape index (κ2) is 10.7. The van der Waals surface area contributed by atoms with E-state index in [1.807, 2.05) is 25.1 Å². The number of nitrogens with one attached hydrogen (secondary N) is 1. The lowest BCUT2D eigenvalue weighted by Crippen LogP contribution is -2.46. The number of anilines is 1. The van der Waals surface area contributed by atoms with Crippen molar-refractivity contribution in [1.82, 2.24) is 9.80 Å². The fraction of sp³-hybridized carbons (Fsp3) is 0.381. The van der Waals surface area contributed by atoms with Crippen LogP contribution in [0.5, 0.6) is 0 Å². The third-order valence-corrected chi connectivity index (χ3v) is 5.32. The monoisotopic (exact) mass is 407 g/mol. The Morgan fingerprint density at radius 1 is 1.00 bits per heavy atom. The Kier molecular flexibility index (Phi) is 8.58. The first kappa shape index (κ1) is 21.7. The van der Waals surface area contributed by atoms with Gasteiger partial charge in [-0.25, -0.2) is 0 Å². The minimum absolute atomic E-state index is 0. The molecule has 3 rings (SSSR count). The molecule has 4 nitrogen and oxygen atoms in total. The molecule has 27 heavy (non-hydrogen) atoms. The average Bonchev–Trinajstić information content (AvgIpc) is 2.66. The van der Waals surface area contributed by atoms with Crippen molar-refractivity contribution in [2.75, 3.05) is 38.0 Å². The van der Waals surface area contributed by atoms with Crippen molar-refractivity contribution in [3.8, 4) is 0 Å². The lowest BCUT2D eigenvalue weighted by Gasteiger charge is -2.34. The molecule has 2 aromatic carbocycles. The Labute approximate surface area is 172 Å². The second-order valence-electron chi connectivity index (χ2n) is 6.81. The second-order valence-corrected chi connectivity index (χ2v) is 7.22. The average molecular weight is 408 g/mol. The van der Waals surface area contributed by atoms with E-state index in [1.54, 1.807) is 0 Å². The molecule has 0 aliphatic carbocycles. The largest absolute Gasteiger partial charge is 0.326 e. The summed E-state index contributed by atoms with van der Waals surface area (Å²) in [6.07, 6.45) is 0.505. The maximum Gasteiger partial charge on any atom is 0.225 e. The molecule has 1 amide bonds. The van der Waals surface area contributed by atoms with Gasteiger partial charge in [0.15, 0.2) is 0 Å². The number of nitrogens with zero attached hydrogens (tertiary/aromatic N) is 2. The fourth-order valence-corrected chi connectivity index (χ4v) is 3.40. The normalized spacial score (nSPS) is 15.2. The molecule has 146 valence electrons. The van der Waals surface area contributed by atoms with E-state index >= 15 is 0 Å². The van der Waals surface area contributed by atoms with E-state index in [2.05, 4.69) is 45.4 Å². The highest BCUT2D eigenvalue weighted by molar-refractivity contribution is 6.31. The summed E-state index contributed by atoms with van der Waals surface area (Å²) < 4.78 is 0. The van der Waals surface area contributed by atoms with Crippen molar-refractivity contribution in [1.29, 1.82) is 0 Å². The predicted octanol–water partition coefficient (Wildman–Crippen LogP) is 4.22. The lowest BCUT2D eigenvalue weighted by molar-refractivity contribution is -0.116. The van der Waals surface area contributed by atoms with E-state index in [1.165, 1.54) is 5.56 Å². The summed E-state index contributed by atoms with van der Waals surface area (Å²) in [6.45, 7) is 7.83. The van der Waals surface area contributed by atoms with E-state index in [0.29, 0.717) is 11.4 Å². The molecule has 0 atom stereocenters. The molecule has 0 unspecified atom stereocenters. The fourth-order valence-electron chi connectivity index (χ4n) is 3.23. The van der Waals surface area contributed by atoms with Crippen LogP contribution in [0.3, 0.4) is 0 Å². The zero-order valence-corrected chi connectivity index (χ0v) is 17.2. The van der Waals surface area contributed by atoms with Crippen LogP contribution in [0, 0.1) is 6.92 Å². The third kappa shape index (κ3) is 6.51. The molecule has 6 heteroatoms. The van der Waals surface area contributed by atoms with Gasteiger partial charge in [0.25, 0.3) is 0 Å². The van der Waals surface area contributed by atoms with Crippen LogP contribution in [0.2, 0.25) is 5.02 Å². The van der Waals surface area contributed by atoms with Gasteiger partial charge in [0, 0.05) is 56.4 Å². The van der Waals surface area contributed by atoms with Crippen molar-refractivity contribution in [2.24, 2.45) is 0 Å². The molecule has 0 spiro atoms. The van der Waals surface area contributed by atoms with E-state index in [0.717, 1.165) is 50.5 Å². The number of halogens is 2. The molecule has 1 aliphatic rings. The van der Waals surface area contributed by atoms with Gasteiger partial charge < -0.3 is 10.2 Å². The van der Waals surface area contributed by atoms with Crippen LogP contribution in [0.4, 0.5) is 5.69 Å². The molecule has 1 N–H and O–H groups in total. The van der Waals surface area contributed by atoms with Crippen LogP contribution in [0.25, 0.3) is 0 Å². The first-order valence-corrected chi connectivity index (χ1v) is 9.53. The van der Waals surface area contributed by atoms with Gasteiger partial charge in [-0.2, -0.15) is 0 Å². The summed E-state index contributed by atoms with van der Waals surface area (Å²) in [5, 5.41) is 3.65. The maximum absolute atomic E-state index is 12.2. The molecular formula is C21H27Cl2N3O. The minimum atomic E-state index is 0.